The molecule has 5 heteroatoms. The predicted molar refractivity (Wildman–Crippen MR) is 82.3 cm³/mol. The topological polar surface area (TPSA) is 72.7 Å². The van der Waals surface area contributed by atoms with Gasteiger partial charge in [0.2, 0.25) is 0 Å². The Balaban J connectivity index is 2.61. The quantitative estimate of drug-likeness (QED) is 0.648. The molecular weight excluding hydrogens is 274 g/mol. The molecule has 2 atom stereocenters. The number of benzene rings is 1. The van der Waals surface area contributed by atoms with Gasteiger partial charge in [-0.25, -0.2) is 0 Å². The van der Waals surface area contributed by atoms with Crippen molar-refractivity contribution in [2.75, 3.05) is 0 Å². The molecule has 0 aliphatic carbocycles. The van der Waals surface area contributed by atoms with E-state index in [0.717, 1.165) is 5.56 Å². The van der Waals surface area contributed by atoms with Crippen LogP contribution >= 0.6 is 0 Å². The van der Waals surface area contributed by atoms with Gasteiger partial charge in [-0.1, -0.05) is 34.7 Å². The first kappa shape index (κ1) is 16.7. The van der Waals surface area contributed by atoms with Gasteiger partial charge in [0.25, 0.3) is 0 Å². The lowest BCUT2D eigenvalue weighted by Gasteiger charge is -2.18. The van der Waals surface area contributed by atoms with Gasteiger partial charge < -0.3 is 9.66 Å². The smallest absolute Gasteiger partial charge is 0.307 e. The lowest BCUT2D eigenvalue weighted by Crippen LogP contribution is -2.26. The molecule has 0 saturated carbocycles. The number of carbonyl (C=O) groups is 1. The molecule has 1 aromatic rings. The molecular formula is C15H21NO3S. The monoisotopic (exact) mass is 295 g/mol. The maximum absolute atomic E-state index is 11.7. The number of nitrogens with zero attached hydrogens (tertiary/aromatic N) is 1. The van der Waals surface area contributed by atoms with Gasteiger partial charge in [-0.15, -0.1) is 0 Å². The molecule has 0 fully saturated rings. The molecule has 1 rings (SSSR count). The molecule has 0 bridgehead atoms. The van der Waals surface area contributed by atoms with E-state index in [1.165, 1.54) is 6.21 Å². The highest BCUT2D eigenvalue weighted by atomic mass is 32.2. The second-order valence-corrected chi connectivity index (χ2v) is 7.54. The van der Waals surface area contributed by atoms with E-state index in [2.05, 4.69) is 4.40 Å². The SMILES string of the molecule is CC(C)(C)[S+]([O-])N=CCC(Cc1ccccc1)C(=O)O. The van der Waals surface area contributed by atoms with Crippen LogP contribution < -0.4 is 0 Å². The van der Waals surface area contributed by atoms with Crippen molar-refractivity contribution in [3.63, 3.8) is 0 Å². The van der Waals surface area contributed by atoms with Crippen molar-refractivity contribution >= 4 is 23.5 Å². The van der Waals surface area contributed by atoms with E-state index in [1.807, 2.05) is 51.1 Å². The molecule has 4 nitrogen and oxygen atoms in total. The lowest BCUT2D eigenvalue weighted by atomic mass is 9.97. The molecule has 0 aliphatic rings. The first-order valence-corrected chi connectivity index (χ1v) is 7.62. The number of carboxylic acid groups (broad SMARTS) is 1. The molecule has 0 saturated heterocycles. The van der Waals surface area contributed by atoms with E-state index in [-0.39, 0.29) is 6.42 Å². The Hall–Kier alpha value is -1.33. The zero-order chi connectivity index (χ0) is 15.2. The first-order chi connectivity index (χ1) is 9.30. The van der Waals surface area contributed by atoms with E-state index in [9.17, 15) is 14.5 Å². The van der Waals surface area contributed by atoms with Gasteiger partial charge in [0, 0.05) is 6.42 Å². The molecule has 0 radical (unpaired) electrons. The van der Waals surface area contributed by atoms with Gasteiger partial charge in [0.05, 0.1) is 12.1 Å². The minimum atomic E-state index is -1.34. The fourth-order valence-corrected chi connectivity index (χ4v) is 2.10. The average Bonchev–Trinajstić information content (AvgIpc) is 2.37. The Morgan fingerprint density at radius 3 is 2.50 bits per heavy atom. The highest BCUT2D eigenvalue weighted by molar-refractivity contribution is 7.91. The normalized spacial score (nSPS) is 15.2. The van der Waals surface area contributed by atoms with Crippen LogP contribution in [0.25, 0.3) is 0 Å². The van der Waals surface area contributed by atoms with Gasteiger partial charge in [-0.2, -0.15) is 0 Å². The minimum absolute atomic E-state index is 0.284. The van der Waals surface area contributed by atoms with E-state index in [1.54, 1.807) is 0 Å². The van der Waals surface area contributed by atoms with Crippen LogP contribution in [0.1, 0.15) is 32.8 Å². The van der Waals surface area contributed by atoms with E-state index >= 15 is 0 Å². The Bertz CT molecular complexity index is 454. The summed E-state index contributed by atoms with van der Waals surface area (Å²) in [5.74, 6) is -1.40. The van der Waals surface area contributed by atoms with Crippen molar-refractivity contribution in [1.82, 2.24) is 0 Å². The second kappa shape index (κ2) is 7.45. The molecule has 0 heterocycles. The second-order valence-electron chi connectivity index (χ2n) is 5.61. The van der Waals surface area contributed by atoms with Crippen molar-refractivity contribution in [1.29, 1.82) is 0 Å². The van der Waals surface area contributed by atoms with Crippen LogP contribution in [-0.2, 0) is 22.6 Å². The Morgan fingerprint density at radius 1 is 1.40 bits per heavy atom. The summed E-state index contributed by atoms with van der Waals surface area (Å²) in [6, 6.07) is 9.47. The fourth-order valence-electron chi connectivity index (χ4n) is 1.57. The number of aliphatic carboxylic acids is 1. The summed E-state index contributed by atoms with van der Waals surface area (Å²) >= 11 is -1.34. The number of hydrogen-bond donors (Lipinski definition) is 1. The summed E-state index contributed by atoms with van der Waals surface area (Å²) < 4.78 is 15.3. The molecule has 0 amide bonds. The van der Waals surface area contributed by atoms with Crippen LogP contribution in [0.2, 0.25) is 0 Å². The summed E-state index contributed by atoms with van der Waals surface area (Å²) in [4.78, 5) is 11.2. The zero-order valence-electron chi connectivity index (χ0n) is 12.1. The van der Waals surface area contributed by atoms with Gasteiger partial charge >= 0.3 is 5.97 Å². The van der Waals surface area contributed by atoms with E-state index in [0.29, 0.717) is 6.42 Å². The van der Waals surface area contributed by atoms with Crippen LogP contribution in [0, 0.1) is 5.92 Å². The maximum atomic E-state index is 11.7. The Morgan fingerprint density at radius 2 is 2.00 bits per heavy atom. The maximum Gasteiger partial charge on any atom is 0.307 e. The van der Waals surface area contributed by atoms with E-state index in [4.69, 9.17) is 0 Å². The third kappa shape index (κ3) is 5.75. The average molecular weight is 295 g/mol. The van der Waals surface area contributed by atoms with Crippen LogP contribution in [0.4, 0.5) is 0 Å². The predicted octanol–water partition coefficient (Wildman–Crippen LogP) is 2.85. The fraction of sp³-hybridized carbons (Fsp3) is 0.467. The lowest BCUT2D eigenvalue weighted by molar-refractivity contribution is -0.141. The minimum Gasteiger partial charge on any atom is -0.591 e. The van der Waals surface area contributed by atoms with Gasteiger partial charge in [0.15, 0.2) is 0 Å². The van der Waals surface area contributed by atoms with Gasteiger partial charge in [0.1, 0.15) is 16.1 Å². The summed E-state index contributed by atoms with van der Waals surface area (Å²) in [6.07, 6.45) is 2.21. The molecule has 0 spiro atoms. The molecule has 110 valence electrons. The van der Waals surface area contributed by atoms with E-state index < -0.39 is 28.0 Å². The third-order valence-corrected chi connectivity index (χ3v) is 4.15. The standard InChI is InChI=1S/C15H21NO3S/c1-15(2,3)20(19)16-10-9-13(14(17)18)11-12-7-5-4-6-8-12/h4-8,10,13H,9,11H2,1-3H3,(H,17,18). The van der Waals surface area contributed by atoms with Crippen molar-refractivity contribution < 1.29 is 14.5 Å². The van der Waals surface area contributed by atoms with Crippen LogP contribution in [0.3, 0.4) is 0 Å². The molecule has 0 aromatic heterocycles. The van der Waals surface area contributed by atoms with Gasteiger partial charge in [-0.05, 0) is 32.8 Å². The summed E-state index contributed by atoms with van der Waals surface area (Å²) in [5, 5.41) is 9.22. The van der Waals surface area contributed by atoms with Crippen molar-refractivity contribution in [3.8, 4) is 0 Å². The van der Waals surface area contributed by atoms with Crippen LogP contribution in [-0.4, -0.2) is 26.6 Å². The largest absolute Gasteiger partial charge is 0.591 e. The van der Waals surface area contributed by atoms with Crippen molar-refractivity contribution in [2.24, 2.45) is 10.3 Å². The number of rotatable bonds is 6. The number of carboxylic acids is 1. The number of hydrogen-bond acceptors (Lipinski definition) is 3. The third-order valence-electron chi connectivity index (χ3n) is 2.76. The molecule has 1 N–H and O–H groups in total. The zero-order valence-corrected chi connectivity index (χ0v) is 12.9. The highest BCUT2D eigenvalue weighted by Crippen LogP contribution is 2.17. The van der Waals surface area contributed by atoms with Gasteiger partial charge in [-0.3, -0.25) is 4.79 Å². The van der Waals surface area contributed by atoms with Crippen molar-refractivity contribution in [3.05, 3.63) is 35.9 Å². The highest BCUT2D eigenvalue weighted by Gasteiger charge is 2.26. The summed E-state index contributed by atoms with van der Waals surface area (Å²) in [6.45, 7) is 5.50. The summed E-state index contributed by atoms with van der Waals surface area (Å²) in [7, 11) is 0. The van der Waals surface area contributed by atoms with Crippen molar-refractivity contribution in [2.45, 2.75) is 38.4 Å². The Kier molecular flexibility index (Phi) is 6.23. The molecule has 0 aliphatic heterocycles. The molecule has 1 aromatic carbocycles. The first-order valence-electron chi connectivity index (χ1n) is 6.52. The van der Waals surface area contributed by atoms with Crippen LogP contribution in [0.5, 0.6) is 0 Å². The van der Waals surface area contributed by atoms with Crippen LogP contribution in [0.15, 0.2) is 34.7 Å². The molecule has 2 unspecified atom stereocenters. The summed E-state index contributed by atoms with van der Waals surface area (Å²) in [5.41, 5.74) is 0.977. The Labute approximate surface area is 123 Å². The molecule has 20 heavy (non-hydrogen) atoms.